The lowest BCUT2D eigenvalue weighted by Crippen LogP contribution is -2.50. The Labute approximate surface area is 143 Å². The van der Waals surface area contributed by atoms with Crippen molar-refractivity contribution in [3.05, 3.63) is 29.8 Å². The van der Waals surface area contributed by atoms with E-state index in [-0.39, 0.29) is 11.8 Å². The fraction of sp³-hybridized carbons (Fsp3) is 0.556. The molecule has 0 aromatic heterocycles. The molecule has 0 unspecified atom stereocenters. The molecule has 0 atom stereocenters. The first-order chi connectivity index (χ1) is 11.6. The van der Waals surface area contributed by atoms with Gasteiger partial charge in [-0.15, -0.1) is 0 Å². The third kappa shape index (κ3) is 5.53. The number of carbonyl (C=O) groups is 2. The third-order valence-corrected chi connectivity index (χ3v) is 4.34. The number of hydrogen-bond acceptors (Lipinski definition) is 4. The molecule has 1 aliphatic heterocycles. The molecule has 1 aromatic carbocycles. The Balaban J connectivity index is 1.58. The fourth-order valence-corrected chi connectivity index (χ4v) is 2.77. The second kappa shape index (κ2) is 9.27. The van der Waals surface area contributed by atoms with Crippen molar-refractivity contribution < 1.29 is 14.3 Å². The number of hydrogen-bond donors (Lipinski definition) is 1. The van der Waals surface area contributed by atoms with Crippen molar-refractivity contribution in [3.8, 4) is 5.75 Å². The summed E-state index contributed by atoms with van der Waals surface area (Å²) in [4.78, 5) is 27.1. The van der Waals surface area contributed by atoms with Crippen LogP contribution in [0.25, 0.3) is 0 Å². The van der Waals surface area contributed by atoms with Crippen LogP contribution in [-0.2, 0) is 16.0 Å². The monoisotopic (exact) mass is 333 g/mol. The van der Waals surface area contributed by atoms with Crippen LogP contribution in [0, 0.1) is 0 Å². The fourth-order valence-electron chi connectivity index (χ4n) is 2.77. The van der Waals surface area contributed by atoms with Crippen molar-refractivity contribution in [2.45, 2.75) is 19.8 Å². The van der Waals surface area contributed by atoms with Gasteiger partial charge in [0.05, 0.1) is 7.11 Å². The summed E-state index contributed by atoms with van der Waals surface area (Å²) in [5.74, 6) is 1.11. The number of ether oxygens (including phenoxy) is 1. The zero-order valence-electron chi connectivity index (χ0n) is 14.6. The first-order valence-electron chi connectivity index (χ1n) is 8.47. The van der Waals surface area contributed by atoms with E-state index in [0.717, 1.165) is 18.7 Å². The van der Waals surface area contributed by atoms with Crippen molar-refractivity contribution >= 4 is 11.8 Å². The van der Waals surface area contributed by atoms with Crippen LogP contribution in [0.3, 0.4) is 0 Å². The highest BCUT2D eigenvalue weighted by Gasteiger charge is 2.21. The molecule has 6 heteroatoms. The molecule has 0 aliphatic carbocycles. The van der Waals surface area contributed by atoms with Crippen LogP contribution in [0.5, 0.6) is 5.75 Å². The first kappa shape index (κ1) is 18.3. The number of amides is 2. The van der Waals surface area contributed by atoms with Gasteiger partial charge in [-0.05, 0) is 30.7 Å². The van der Waals surface area contributed by atoms with Gasteiger partial charge in [-0.2, -0.15) is 0 Å². The summed E-state index contributed by atoms with van der Waals surface area (Å²) in [6.07, 6.45) is 1.43. The van der Waals surface area contributed by atoms with Crippen molar-refractivity contribution in [1.82, 2.24) is 15.1 Å². The Hall–Kier alpha value is -2.08. The zero-order chi connectivity index (χ0) is 17.4. The molecule has 1 fully saturated rings. The maximum Gasteiger partial charge on any atom is 0.223 e. The summed E-state index contributed by atoms with van der Waals surface area (Å²) < 4.78 is 5.14. The van der Waals surface area contributed by atoms with Crippen LogP contribution >= 0.6 is 0 Å². The van der Waals surface area contributed by atoms with Gasteiger partial charge in [-0.25, -0.2) is 0 Å². The lowest BCUT2D eigenvalue weighted by atomic mass is 10.1. The average Bonchev–Trinajstić information content (AvgIpc) is 2.62. The molecule has 1 N–H and O–H groups in total. The molecule has 0 radical (unpaired) electrons. The highest BCUT2D eigenvalue weighted by molar-refractivity contribution is 5.77. The van der Waals surface area contributed by atoms with Gasteiger partial charge in [-0.1, -0.05) is 12.1 Å². The summed E-state index contributed by atoms with van der Waals surface area (Å²) in [5.41, 5.74) is 1.25. The van der Waals surface area contributed by atoms with Gasteiger partial charge >= 0.3 is 0 Å². The number of benzene rings is 1. The van der Waals surface area contributed by atoms with Gasteiger partial charge in [-0.3, -0.25) is 9.59 Å². The highest BCUT2D eigenvalue weighted by Crippen LogP contribution is 2.11. The van der Waals surface area contributed by atoms with E-state index in [9.17, 15) is 9.59 Å². The van der Waals surface area contributed by atoms with Crippen LogP contribution in [0.4, 0.5) is 0 Å². The molecule has 1 heterocycles. The molecule has 2 rings (SSSR count). The predicted octanol–water partition coefficient (Wildman–Crippen LogP) is 0.908. The molecule has 1 aliphatic rings. The van der Waals surface area contributed by atoms with Gasteiger partial charge in [0, 0.05) is 46.1 Å². The van der Waals surface area contributed by atoms with Gasteiger partial charge in [0.1, 0.15) is 5.75 Å². The molecule has 2 amide bonds. The Kier molecular flexibility index (Phi) is 7.06. The Bertz CT molecular complexity index is 537. The summed E-state index contributed by atoms with van der Waals surface area (Å²) in [6, 6.07) is 8.03. The number of methoxy groups -OCH3 is 1. The molecule has 6 nitrogen and oxygen atoms in total. The molecular formula is C18H27N3O3. The number of piperazine rings is 1. The van der Waals surface area contributed by atoms with Crippen molar-refractivity contribution in [1.29, 1.82) is 0 Å². The van der Waals surface area contributed by atoms with Crippen LogP contribution in [0.2, 0.25) is 0 Å². The second-order valence-corrected chi connectivity index (χ2v) is 5.98. The normalized spacial score (nSPS) is 14.6. The quantitative estimate of drug-likeness (QED) is 0.754. The van der Waals surface area contributed by atoms with E-state index in [4.69, 9.17) is 4.74 Å². The Morgan fingerprint density at radius 2 is 1.67 bits per heavy atom. The third-order valence-electron chi connectivity index (χ3n) is 4.34. The van der Waals surface area contributed by atoms with E-state index in [1.165, 1.54) is 5.56 Å². The summed E-state index contributed by atoms with van der Waals surface area (Å²) in [7, 11) is 1.66. The Morgan fingerprint density at radius 1 is 1.04 bits per heavy atom. The molecule has 1 saturated heterocycles. The zero-order valence-corrected chi connectivity index (χ0v) is 14.6. The lowest BCUT2D eigenvalue weighted by molar-refractivity contribution is -0.138. The number of carbonyl (C=O) groups excluding carboxylic acids is 2. The van der Waals surface area contributed by atoms with E-state index in [0.29, 0.717) is 39.1 Å². The largest absolute Gasteiger partial charge is 0.497 e. The smallest absolute Gasteiger partial charge is 0.223 e. The lowest BCUT2D eigenvalue weighted by Gasteiger charge is -2.34. The van der Waals surface area contributed by atoms with Gasteiger partial charge in [0.25, 0.3) is 0 Å². The van der Waals surface area contributed by atoms with Crippen molar-refractivity contribution in [2.75, 3.05) is 46.4 Å². The minimum absolute atomic E-state index is 0.0855. The van der Waals surface area contributed by atoms with Crippen LogP contribution in [0.15, 0.2) is 24.3 Å². The molecule has 24 heavy (non-hydrogen) atoms. The van der Waals surface area contributed by atoms with E-state index in [1.54, 1.807) is 18.9 Å². The Morgan fingerprint density at radius 3 is 2.25 bits per heavy atom. The highest BCUT2D eigenvalue weighted by atomic mass is 16.5. The van der Waals surface area contributed by atoms with E-state index in [1.807, 2.05) is 17.0 Å². The molecule has 132 valence electrons. The maximum atomic E-state index is 12.1. The van der Waals surface area contributed by atoms with E-state index < -0.39 is 0 Å². The summed E-state index contributed by atoms with van der Waals surface area (Å²) in [6.45, 7) is 5.68. The second-order valence-electron chi connectivity index (χ2n) is 5.98. The molecular weight excluding hydrogens is 306 g/mol. The predicted molar refractivity (Wildman–Crippen MR) is 93.0 cm³/mol. The number of rotatable bonds is 7. The minimum atomic E-state index is 0.0855. The molecule has 0 saturated carbocycles. The SMILES string of the molecule is COc1ccc(CCNCCC(=O)N2CCN(C(C)=O)CC2)cc1. The maximum absolute atomic E-state index is 12.1. The number of nitrogens with one attached hydrogen (secondary N) is 1. The van der Waals surface area contributed by atoms with Crippen LogP contribution in [0.1, 0.15) is 18.9 Å². The van der Waals surface area contributed by atoms with Gasteiger partial charge < -0.3 is 19.9 Å². The summed E-state index contributed by atoms with van der Waals surface area (Å²) in [5, 5.41) is 3.32. The molecule has 0 spiro atoms. The first-order valence-corrected chi connectivity index (χ1v) is 8.47. The van der Waals surface area contributed by atoms with Crippen LogP contribution < -0.4 is 10.1 Å². The molecule has 0 bridgehead atoms. The average molecular weight is 333 g/mol. The summed E-state index contributed by atoms with van der Waals surface area (Å²) >= 11 is 0. The topological polar surface area (TPSA) is 61.9 Å². The standard InChI is InChI=1S/C18H27N3O3/c1-15(22)20-11-13-21(14-12-20)18(23)8-10-19-9-7-16-3-5-17(24-2)6-4-16/h3-6,19H,7-14H2,1-2H3. The minimum Gasteiger partial charge on any atom is -0.497 e. The van der Waals surface area contributed by atoms with E-state index in [2.05, 4.69) is 17.4 Å². The van der Waals surface area contributed by atoms with Gasteiger partial charge in [0.15, 0.2) is 0 Å². The number of nitrogens with zero attached hydrogens (tertiary/aromatic N) is 2. The van der Waals surface area contributed by atoms with Crippen molar-refractivity contribution in [2.24, 2.45) is 0 Å². The van der Waals surface area contributed by atoms with Gasteiger partial charge in [0.2, 0.25) is 11.8 Å². The molecule has 1 aromatic rings. The van der Waals surface area contributed by atoms with Crippen molar-refractivity contribution in [3.63, 3.8) is 0 Å². The van der Waals surface area contributed by atoms with E-state index >= 15 is 0 Å². The van der Waals surface area contributed by atoms with Crippen LogP contribution in [-0.4, -0.2) is 68.0 Å².